The maximum absolute atomic E-state index is 6.06. The predicted octanol–water partition coefficient (Wildman–Crippen LogP) is 7.59. The molecule has 0 bridgehead atoms. The van der Waals surface area contributed by atoms with Gasteiger partial charge in [0.05, 0.1) is 17.6 Å². The first-order valence-corrected chi connectivity index (χ1v) is 12.1. The minimum Gasteiger partial charge on any atom is -0.494 e. The van der Waals surface area contributed by atoms with Crippen molar-refractivity contribution in [3.63, 3.8) is 0 Å². The van der Waals surface area contributed by atoms with Crippen LogP contribution in [0.2, 0.25) is 0 Å². The van der Waals surface area contributed by atoms with E-state index >= 15 is 0 Å². The Balaban J connectivity index is 1.63. The molecule has 4 aromatic rings. The van der Waals surface area contributed by atoms with E-state index in [0.29, 0.717) is 0 Å². The van der Waals surface area contributed by atoms with Crippen molar-refractivity contribution >= 4 is 22.8 Å². The van der Waals surface area contributed by atoms with E-state index in [0.717, 1.165) is 46.4 Å². The van der Waals surface area contributed by atoms with Crippen LogP contribution >= 0.6 is 11.8 Å². The molecular weight excluding hydrogens is 400 g/mol. The van der Waals surface area contributed by atoms with Crippen molar-refractivity contribution in [2.75, 3.05) is 6.61 Å². The maximum Gasteiger partial charge on any atom is 0.174 e. The molecule has 1 aromatic heterocycles. The van der Waals surface area contributed by atoms with Crippen LogP contribution in [0.4, 0.5) is 0 Å². The van der Waals surface area contributed by atoms with Gasteiger partial charge in [-0.1, -0.05) is 86.0 Å². The summed E-state index contributed by atoms with van der Waals surface area (Å²) in [5.41, 5.74) is 5.76. The number of nitrogens with zero attached hydrogens (tertiary/aromatic N) is 2. The standard InChI is InChI=1S/C27H30N2OS/c1-3-4-5-9-18-30-24-16-17-25-26(19-24)29(23-14-12-21(2)13-15-23)27(28-25)31-20-22-10-7-6-8-11-22/h6-8,10-17,19H,3-5,9,18,20H2,1-2H3. The molecule has 4 heteroatoms. The van der Waals surface area contributed by atoms with Crippen LogP contribution in [0.25, 0.3) is 16.7 Å². The quantitative estimate of drug-likeness (QED) is 0.192. The van der Waals surface area contributed by atoms with E-state index in [9.17, 15) is 0 Å². The van der Waals surface area contributed by atoms with Crippen molar-refractivity contribution in [3.05, 3.63) is 83.9 Å². The van der Waals surface area contributed by atoms with Crippen LogP contribution < -0.4 is 4.74 Å². The fourth-order valence-electron chi connectivity index (χ4n) is 3.60. The van der Waals surface area contributed by atoms with Gasteiger partial charge in [-0.05, 0) is 43.2 Å². The summed E-state index contributed by atoms with van der Waals surface area (Å²) in [5, 5.41) is 1.00. The number of benzene rings is 3. The molecule has 31 heavy (non-hydrogen) atoms. The first-order valence-electron chi connectivity index (χ1n) is 11.1. The lowest BCUT2D eigenvalue weighted by Crippen LogP contribution is -1.99. The number of rotatable bonds is 10. The Hall–Kier alpha value is -2.72. The zero-order valence-electron chi connectivity index (χ0n) is 18.4. The molecule has 0 fully saturated rings. The summed E-state index contributed by atoms with van der Waals surface area (Å²) in [6, 6.07) is 25.4. The second kappa shape index (κ2) is 10.5. The van der Waals surface area contributed by atoms with Gasteiger partial charge in [-0.3, -0.25) is 4.57 Å². The number of aryl methyl sites for hydroxylation is 1. The van der Waals surface area contributed by atoms with Crippen molar-refractivity contribution in [1.82, 2.24) is 9.55 Å². The highest BCUT2D eigenvalue weighted by Crippen LogP contribution is 2.32. The van der Waals surface area contributed by atoms with E-state index < -0.39 is 0 Å². The van der Waals surface area contributed by atoms with Gasteiger partial charge in [0.1, 0.15) is 5.75 Å². The van der Waals surface area contributed by atoms with Crippen LogP contribution in [-0.4, -0.2) is 16.2 Å². The molecule has 0 amide bonds. The largest absolute Gasteiger partial charge is 0.494 e. The molecule has 0 aliphatic heterocycles. The molecule has 0 radical (unpaired) electrons. The summed E-state index contributed by atoms with van der Waals surface area (Å²) in [6.45, 7) is 5.11. The van der Waals surface area contributed by atoms with E-state index in [1.807, 2.05) is 6.07 Å². The minimum absolute atomic E-state index is 0.764. The Morgan fingerprint density at radius 2 is 1.71 bits per heavy atom. The predicted molar refractivity (Wildman–Crippen MR) is 131 cm³/mol. The highest BCUT2D eigenvalue weighted by atomic mass is 32.2. The Morgan fingerprint density at radius 3 is 2.48 bits per heavy atom. The van der Waals surface area contributed by atoms with E-state index in [4.69, 9.17) is 9.72 Å². The molecule has 3 nitrogen and oxygen atoms in total. The topological polar surface area (TPSA) is 27.1 Å². The molecule has 0 unspecified atom stereocenters. The minimum atomic E-state index is 0.764. The van der Waals surface area contributed by atoms with Crippen LogP contribution in [0.1, 0.15) is 43.7 Å². The zero-order chi connectivity index (χ0) is 21.5. The second-order valence-electron chi connectivity index (χ2n) is 7.90. The van der Waals surface area contributed by atoms with Gasteiger partial charge in [-0.25, -0.2) is 4.98 Å². The molecule has 0 aliphatic rings. The third-order valence-electron chi connectivity index (χ3n) is 5.36. The number of ether oxygens (including phenoxy) is 1. The summed E-state index contributed by atoms with van der Waals surface area (Å²) >= 11 is 1.77. The van der Waals surface area contributed by atoms with Gasteiger partial charge in [0.2, 0.25) is 0 Å². The molecule has 0 spiro atoms. The molecule has 0 saturated carbocycles. The Morgan fingerprint density at radius 1 is 0.903 bits per heavy atom. The van der Waals surface area contributed by atoms with E-state index in [-0.39, 0.29) is 0 Å². The van der Waals surface area contributed by atoms with Gasteiger partial charge >= 0.3 is 0 Å². The van der Waals surface area contributed by atoms with Crippen LogP contribution in [-0.2, 0) is 5.75 Å². The smallest absolute Gasteiger partial charge is 0.174 e. The Bertz CT molecular complexity index is 1100. The van der Waals surface area contributed by atoms with Crippen LogP contribution in [0.15, 0.2) is 78.0 Å². The lowest BCUT2D eigenvalue weighted by molar-refractivity contribution is 0.305. The first kappa shape index (κ1) is 21.5. The lowest BCUT2D eigenvalue weighted by Gasteiger charge is -2.11. The Labute approximate surface area is 189 Å². The van der Waals surface area contributed by atoms with Crippen LogP contribution in [0.5, 0.6) is 5.75 Å². The third kappa shape index (κ3) is 5.50. The molecule has 1 heterocycles. The normalized spacial score (nSPS) is 11.2. The summed E-state index contributed by atoms with van der Waals surface area (Å²) in [4.78, 5) is 4.96. The highest BCUT2D eigenvalue weighted by molar-refractivity contribution is 7.98. The molecule has 3 aromatic carbocycles. The summed E-state index contributed by atoms with van der Waals surface area (Å²) in [7, 11) is 0. The van der Waals surface area contributed by atoms with Gasteiger partial charge in [0, 0.05) is 17.5 Å². The van der Waals surface area contributed by atoms with Gasteiger partial charge < -0.3 is 4.74 Å². The van der Waals surface area contributed by atoms with Crippen molar-refractivity contribution in [2.45, 2.75) is 50.4 Å². The van der Waals surface area contributed by atoms with Crippen molar-refractivity contribution in [2.24, 2.45) is 0 Å². The summed E-state index contributed by atoms with van der Waals surface area (Å²) in [5.74, 6) is 1.80. The van der Waals surface area contributed by atoms with Gasteiger partial charge in [-0.15, -0.1) is 0 Å². The highest BCUT2D eigenvalue weighted by Gasteiger charge is 2.14. The molecule has 4 rings (SSSR count). The number of unbranched alkanes of at least 4 members (excludes halogenated alkanes) is 3. The van der Waals surface area contributed by atoms with Gasteiger partial charge in [-0.2, -0.15) is 0 Å². The monoisotopic (exact) mass is 430 g/mol. The van der Waals surface area contributed by atoms with Crippen LogP contribution in [0.3, 0.4) is 0 Å². The van der Waals surface area contributed by atoms with Crippen molar-refractivity contribution < 1.29 is 4.74 Å². The fourth-order valence-corrected chi connectivity index (χ4v) is 4.59. The Kier molecular flexibility index (Phi) is 7.31. The summed E-state index contributed by atoms with van der Waals surface area (Å²) in [6.07, 6.45) is 4.83. The maximum atomic E-state index is 6.06. The number of fused-ring (bicyclic) bond motifs is 1. The molecule has 0 saturated heterocycles. The van der Waals surface area contributed by atoms with E-state index in [2.05, 4.69) is 85.1 Å². The number of hydrogen-bond acceptors (Lipinski definition) is 3. The molecule has 0 atom stereocenters. The SMILES string of the molecule is CCCCCCOc1ccc2nc(SCc3ccccc3)n(-c3ccc(C)cc3)c2c1. The number of aromatic nitrogens is 2. The average molecular weight is 431 g/mol. The average Bonchev–Trinajstić information content (AvgIpc) is 3.16. The van der Waals surface area contributed by atoms with E-state index in [1.54, 1.807) is 11.8 Å². The zero-order valence-corrected chi connectivity index (χ0v) is 19.2. The van der Waals surface area contributed by atoms with Crippen molar-refractivity contribution in [3.8, 4) is 11.4 Å². The molecule has 0 N–H and O–H groups in total. The lowest BCUT2D eigenvalue weighted by atomic mass is 10.2. The van der Waals surface area contributed by atoms with E-state index in [1.165, 1.54) is 30.4 Å². The number of thioether (sulfide) groups is 1. The number of hydrogen-bond donors (Lipinski definition) is 0. The summed E-state index contributed by atoms with van der Waals surface area (Å²) < 4.78 is 8.32. The molecule has 160 valence electrons. The third-order valence-corrected chi connectivity index (χ3v) is 6.37. The first-order chi connectivity index (χ1) is 15.2. The fraction of sp³-hybridized carbons (Fsp3) is 0.296. The number of imidazole rings is 1. The van der Waals surface area contributed by atoms with Crippen molar-refractivity contribution in [1.29, 1.82) is 0 Å². The molecular formula is C27H30N2OS. The molecule has 0 aliphatic carbocycles. The second-order valence-corrected chi connectivity index (χ2v) is 8.84. The van der Waals surface area contributed by atoms with Gasteiger partial charge in [0.15, 0.2) is 5.16 Å². The van der Waals surface area contributed by atoms with Crippen LogP contribution in [0, 0.1) is 6.92 Å². The van der Waals surface area contributed by atoms with Gasteiger partial charge in [0.25, 0.3) is 0 Å².